The van der Waals surface area contributed by atoms with E-state index in [1.807, 2.05) is 0 Å². The third-order valence-corrected chi connectivity index (χ3v) is 2.65. The Labute approximate surface area is 105 Å². The van der Waals surface area contributed by atoms with Crippen molar-refractivity contribution in [2.75, 3.05) is 7.11 Å². The first-order valence-electron chi connectivity index (χ1n) is 5.54. The smallest absolute Gasteiger partial charge is 0.322 e. The van der Waals surface area contributed by atoms with Gasteiger partial charge < -0.3 is 4.74 Å². The van der Waals surface area contributed by atoms with Crippen molar-refractivity contribution in [3.8, 4) is 0 Å². The summed E-state index contributed by atoms with van der Waals surface area (Å²) in [6.07, 6.45) is 0. The first-order chi connectivity index (χ1) is 8.47. The van der Waals surface area contributed by atoms with Gasteiger partial charge in [-0.05, 0) is 13.8 Å². The summed E-state index contributed by atoms with van der Waals surface area (Å²) < 4.78 is 4.59. The van der Waals surface area contributed by atoms with Crippen molar-refractivity contribution in [3.05, 3.63) is 39.9 Å². The van der Waals surface area contributed by atoms with E-state index >= 15 is 0 Å². The van der Waals surface area contributed by atoms with Crippen LogP contribution in [0.5, 0.6) is 0 Å². The van der Waals surface area contributed by atoms with E-state index in [-0.39, 0.29) is 11.7 Å². The molecule has 0 bridgehead atoms. The standard InChI is InChI=1S/C12H16N2O4/c1-8(13-9(2)12(15)18-3)10-6-4-5-7-11(10)14(16)17/h4-9,13H,1-3H3/t8?,9-/m1/s1. The van der Waals surface area contributed by atoms with Gasteiger partial charge in [0, 0.05) is 17.7 Å². The number of nitro groups is 1. The largest absolute Gasteiger partial charge is 0.468 e. The Bertz CT molecular complexity index is 447. The number of nitro benzene ring substituents is 1. The van der Waals surface area contributed by atoms with E-state index in [2.05, 4.69) is 10.1 Å². The minimum absolute atomic E-state index is 0.0366. The predicted molar refractivity (Wildman–Crippen MR) is 66.1 cm³/mol. The van der Waals surface area contributed by atoms with Crippen LogP contribution in [0.3, 0.4) is 0 Å². The fourth-order valence-corrected chi connectivity index (χ4v) is 1.73. The molecule has 1 aromatic carbocycles. The molecule has 0 aliphatic heterocycles. The third kappa shape index (κ3) is 3.27. The number of nitrogens with one attached hydrogen (secondary N) is 1. The quantitative estimate of drug-likeness (QED) is 0.491. The van der Waals surface area contributed by atoms with E-state index in [0.29, 0.717) is 5.56 Å². The zero-order chi connectivity index (χ0) is 13.7. The second kappa shape index (κ2) is 6.11. The molecule has 2 atom stereocenters. The lowest BCUT2D eigenvalue weighted by Crippen LogP contribution is -2.36. The van der Waals surface area contributed by atoms with E-state index in [4.69, 9.17) is 0 Å². The topological polar surface area (TPSA) is 81.5 Å². The van der Waals surface area contributed by atoms with Crippen molar-refractivity contribution in [2.24, 2.45) is 0 Å². The van der Waals surface area contributed by atoms with Crippen LogP contribution in [0, 0.1) is 10.1 Å². The number of rotatable bonds is 5. The Balaban J connectivity index is 2.87. The number of carbonyl (C=O) groups excluding carboxylic acids is 1. The van der Waals surface area contributed by atoms with Gasteiger partial charge >= 0.3 is 5.97 Å². The van der Waals surface area contributed by atoms with Crippen molar-refractivity contribution in [1.82, 2.24) is 5.32 Å². The normalized spacial score (nSPS) is 13.7. The lowest BCUT2D eigenvalue weighted by Gasteiger charge is -2.18. The van der Waals surface area contributed by atoms with Crippen LogP contribution in [0.2, 0.25) is 0 Å². The average Bonchev–Trinajstić information content (AvgIpc) is 2.37. The van der Waals surface area contributed by atoms with Crippen LogP contribution in [-0.2, 0) is 9.53 Å². The zero-order valence-electron chi connectivity index (χ0n) is 10.5. The van der Waals surface area contributed by atoms with Gasteiger partial charge in [0.15, 0.2) is 0 Å². The predicted octanol–water partition coefficient (Wildman–Crippen LogP) is 1.81. The summed E-state index contributed by atoms with van der Waals surface area (Å²) in [5.41, 5.74) is 0.577. The number of hydrogen-bond acceptors (Lipinski definition) is 5. The molecule has 0 spiro atoms. The number of para-hydroxylation sites is 1. The van der Waals surface area contributed by atoms with Crippen LogP contribution in [0.4, 0.5) is 5.69 Å². The van der Waals surface area contributed by atoms with Gasteiger partial charge in [0.25, 0.3) is 5.69 Å². The van der Waals surface area contributed by atoms with E-state index in [1.54, 1.807) is 32.0 Å². The minimum Gasteiger partial charge on any atom is -0.468 e. The SMILES string of the molecule is COC(=O)[C@@H](C)NC(C)c1ccccc1[N+](=O)[O-]. The number of carbonyl (C=O) groups is 1. The number of benzene rings is 1. The van der Waals surface area contributed by atoms with E-state index in [1.165, 1.54) is 13.2 Å². The highest BCUT2D eigenvalue weighted by Gasteiger charge is 2.22. The molecule has 0 aliphatic rings. The Morgan fingerprint density at radius 1 is 1.39 bits per heavy atom. The molecule has 1 aromatic rings. The monoisotopic (exact) mass is 252 g/mol. The summed E-state index contributed by atoms with van der Waals surface area (Å²) >= 11 is 0. The molecule has 0 saturated heterocycles. The van der Waals surface area contributed by atoms with Gasteiger partial charge in [-0.3, -0.25) is 20.2 Å². The molecule has 0 aromatic heterocycles. The van der Waals surface area contributed by atoms with Gasteiger partial charge in [-0.1, -0.05) is 18.2 Å². The first-order valence-corrected chi connectivity index (χ1v) is 5.54. The van der Waals surface area contributed by atoms with E-state index in [0.717, 1.165) is 0 Å². The zero-order valence-corrected chi connectivity index (χ0v) is 10.5. The highest BCUT2D eigenvalue weighted by Crippen LogP contribution is 2.24. The van der Waals surface area contributed by atoms with Crippen LogP contribution < -0.4 is 5.32 Å². The van der Waals surface area contributed by atoms with Crippen molar-refractivity contribution >= 4 is 11.7 Å². The lowest BCUT2D eigenvalue weighted by molar-refractivity contribution is -0.385. The Hall–Kier alpha value is -1.95. The maximum atomic E-state index is 11.3. The van der Waals surface area contributed by atoms with E-state index in [9.17, 15) is 14.9 Å². The van der Waals surface area contributed by atoms with Crippen LogP contribution >= 0.6 is 0 Å². The second-order valence-corrected chi connectivity index (χ2v) is 3.95. The fraction of sp³-hybridized carbons (Fsp3) is 0.417. The number of hydrogen-bond donors (Lipinski definition) is 1. The molecule has 1 rings (SSSR count). The lowest BCUT2D eigenvalue weighted by atomic mass is 10.1. The minimum atomic E-state index is -0.523. The summed E-state index contributed by atoms with van der Waals surface area (Å²) in [4.78, 5) is 21.7. The molecule has 6 heteroatoms. The highest BCUT2D eigenvalue weighted by molar-refractivity contribution is 5.75. The van der Waals surface area contributed by atoms with Crippen molar-refractivity contribution in [2.45, 2.75) is 25.9 Å². The van der Waals surface area contributed by atoms with Crippen LogP contribution in [-0.4, -0.2) is 24.0 Å². The third-order valence-electron chi connectivity index (χ3n) is 2.65. The molecule has 0 aliphatic carbocycles. The van der Waals surface area contributed by atoms with Crippen molar-refractivity contribution in [1.29, 1.82) is 0 Å². The van der Waals surface area contributed by atoms with Crippen LogP contribution in [0.1, 0.15) is 25.5 Å². The summed E-state index contributed by atoms with van der Waals surface area (Å²) in [7, 11) is 1.30. The molecule has 0 saturated carbocycles. The molecule has 1 unspecified atom stereocenters. The molecule has 0 heterocycles. The summed E-state index contributed by atoms with van der Waals surface area (Å²) in [5.74, 6) is -0.402. The second-order valence-electron chi connectivity index (χ2n) is 3.95. The summed E-state index contributed by atoms with van der Waals surface area (Å²) in [6.45, 7) is 3.42. The van der Waals surface area contributed by atoms with Gasteiger partial charge in [0.05, 0.1) is 12.0 Å². The van der Waals surface area contributed by atoms with Crippen molar-refractivity contribution in [3.63, 3.8) is 0 Å². The maximum absolute atomic E-state index is 11.3. The van der Waals surface area contributed by atoms with Crippen LogP contribution in [0.25, 0.3) is 0 Å². The molecular formula is C12H16N2O4. The van der Waals surface area contributed by atoms with Gasteiger partial charge in [0.2, 0.25) is 0 Å². The molecule has 6 nitrogen and oxygen atoms in total. The Morgan fingerprint density at radius 2 is 2.00 bits per heavy atom. The maximum Gasteiger partial charge on any atom is 0.322 e. The van der Waals surface area contributed by atoms with Crippen LogP contribution in [0.15, 0.2) is 24.3 Å². The van der Waals surface area contributed by atoms with Gasteiger partial charge in [-0.15, -0.1) is 0 Å². The molecule has 18 heavy (non-hydrogen) atoms. The van der Waals surface area contributed by atoms with Crippen molar-refractivity contribution < 1.29 is 14.5 Å². The molecule has 98 valence electrons. The number of esters is 1. The molecule has 1 N–H and O–H groups in total. The first kappa shape index (κ1) is 14.1. The number of nitrogens with zero attached hydrogens (tertiary/aromatic N) is 1. The number of ether oxygens (including phenoxy) is 1. The molecule has 0 radical (unpaired) electrons. The molecular weight excluding hydrogens is 236 g/mol. The van der Waals surface area contributed by atoms with Gasteiger partial charge in [-0.25, -0.2) is 0 Å². The van der Waals surface area contributed by atoms with Gasteiger partial charge in [0.1, 0.15) is 6.04 Å². The summed E-state index contributed by atoms with van der Waals surface area (Å²) in [6, 6.07) is 5.60. The molecule has 0 amide bonds. The van der Waals surface area contributed by atoms with Gasteiger partial charge in [-0.2, -0.15) is 0 Å². The fourth-order valence-electron chi connectivity index (χ4n) is 1.73. The molecule has 0 fully saturated rings. The Morgan fingerprint density at radius 3 is 2.56 bits per heavy atom. The summed E-state index contributed by atoms with van der Waals surface area (Å²) in [5, 5.41) is 13.9. The average molecular weight is 252 g/mol. The van der Waals surface area contributed by atoms with E-state index < -0.39 is 16.9 Å². The number of methoxy groups -OCH3 is 1. The Kier molecular flexibility index (Phi) is 4.79. The highest BCUT2D eigenvalue weighted by atomic mass is 16.6.